The Morgan fingerprint density at radius 1 is 1.46 bits per heavy atom. The summed E-state index contributed by atoms with van der Waals surface area (Å²) in [5.74, 6) is 0.832. The van der Waals surface area contributed by atoms with Crippen LogP contribution in [-0.2, 0) is 0 Å². The minimum absolute atomic E-state index is 0.122. The molecule has 0 unspecified atom stereocenters. The summed E-state index contributed by atoms with van der Waals surface area (Å²) in [7, 11) is 2.14. The first-order chi connectivity index (χ1) is 6.15. The molecule has 0 heterocycles. The second-order valence-electron chi connectivity index (χ2n) is 4.50. The summed E-state index contributed by atoms with van der Waals surface area (Å²) in [6.07, 6.45) is 4.57. The van der Waals surface area contributed by atoms with Gasteiger partial charge >= 0.3 is 0 Å². The molecule has 1 rings (SSSR count). The van der Waals surface area contributed by atoms with Crippen molar-refractivity contribution in [3.8, 4) is 0 Å². The smallest absolute Gasteiger partial charge is 0.0667 e. The Hall–Kier alpha value is -0.0800. The lowest BCUT2D eigenvalue weighted by atomic mass is 9.80. The van der Waals surface area contributed by atoms with Crippen LogP contribution in [0, 0.1) is 5.92 Å². The predicted molar refractivity (Wildman–Crippen MR) is 55.7 cm³/mol. The molecule has 1 saturated carbocycles. The zero-order valence-electron chi connectivity index (χ0n) is 9.16. The van der Waals surface area contributed by atoms with Gasteiger partial charge in [-0.1, -0.05) is 20.3 Å². The lowest BCUT2D eigenvalue weighted by Gasteiger charge is -2.41. The molecule has 78 valence electrons. The fourth-order valence-corrected chi connectivity index (χ4v) is 2.20. The van der Waals surface area contributed by atoms with E-state index in [1.54, 1.807) is 0 Å². The molecule has 0 radical (unpaired) electrons. The molecular formula is C11H23NO. The Labute approximate surface area is 81.9 Å². The summed E-state index contributed by atoms with van der Waals surface area (Å²) in [6.45, 7) is 5.27. The van der Waals surface area contributed by atoms with Crippen molar-refractivity contribution in [2.45, 2.75) is 51.7 Å². The molecule has 1 N–H and O–H groups in total. The molecule has 1 aliphatic carbocycles. The molecule has 2 nitrogen and oxygen atoms in total. The van der Waals surface area contributed by atoms with Crippen molar-refractivity contribution in [2.75, 3.05) is 13.6 Å². The summed E-state index contributed by atoms with van der Waals surface area (Å²) in [5, 5.41) is 9.63. The first-order valence-corrected chi connectivity index (χ1v) is 5.53. The van der Waals surface area contributed by atoms with Gasteiger partial charge in [0.25, 0.3) is 0 Å². The van der Waals surface area contributed by atoms with Crippen LogP contribution in [0.5, 0.6) is 0 Å². The fourth-order valence-electron chi connectivity index (χ4n) is 2.20. The third-order valence-corrected chi connectivity index (χ3v) is 3.26. The molecule has 0 aliphatic heterocycles. The topological polar surface area (TPSA) is 23.5 Å². The highest BCUT2D eigenvalue weighted by atomic mass is 16.3. The monoisotopic (exact) mass is 185 g/mol. The van der Waals surface area contributed by atoms with Crippen LogP contribution < -0.4 is 0 Å². The SMILES string of the molecule is CCC[C@H](O)CN(C)[C@@H]1CC[C@@H]1C. The number of aliphatic hydroxyl groups is 1. The standard InChI is InChI=1S/C11H23NO/c1-4-5-10(13)8-12(3)11-7-6-9(11)2/h9-11,13H,4-8H2,1-3H3/t9-,10-,11+/m0/s1. The Kier molecular flexibility index (Phi) is 4.20. The van der Waals surface area contributed by atoms with Gasteiger partial charge in [0.1, 0.15) is 0 Å². The molecule has 0 saturated heterocycles. The van der Waals surface area contributed by atoms with E-state index in [2.05, 4.69) is 25.8 Å². The van der Waals surface area contributed by atoms with Gasteiger partial charge in [0.15, 0.2) is 0 Å². The summed E-state index contributed by atoms with van der Waals surface area (Å²) in [4.78, 5) is 2.33. The molecule has 1 fully saturated rings. The number of rotatable bonds is 5. The quantitative estimate of drug-likeness (QED) is 0.707. The Morgan fingerprint density at radius 2 is 2.15 bits per heavy atom. The van der Waals surface area contributed by atoms with Crippen molar-refractivity contribution >= 4 is 0 Å². The van der Waals surface area contributed by atoms with Crippen LogP contribution >= 0.6 is 0 Å². The number of aliphatic hydroxyl groups excluding tert-OH is 1. The van der Waals surface area contributed by atoms with Crippen LogP contribution in [0.25, 0.3) is 0 Å². The molecule has 0 amide bonds. The predicted octanol–water partition coefficient (Wildman–Crippen LogP) is 1.88. The van der Waals surface area contributed by atoms with Gasteiger partial charge < -0.3 is 10.0 Å². The highest BCUT2D eigenvalue weighted by Crippen LogP contribution is 2.30. The van der Waals surface area contributed by atoms with E-state index >= 15 is 0 Å². The van der Waals surface area contributed by atoms with E-state index in [4.69, 9.17) is 0 Å². The van der Waals surface area contributed by atoms with E-state index in [1.807, 2.05) is 0 Å². The van der Waals surface area contributed by atoms with Gasteiger partial charge in [-0.2, -0.15) is 0 Å². The highest BCUT2D eigenvalue weighted by Gasteiger charge is 2.30. The van der Waals surface area contributed by atoms with Crippen LogP contribution in [0.4, 0.5) is 0 Å². The van der Waals surface area contributed by atoms with E-state index in [-0.39, 0.29) is 6.10 Å². The summed E-state index contributed by atoms with van der Waals surface area (Å²) >= 11 is 0. The van der Waals surface area contributed by atoms with E-state index in [0.29, 0.717) is 0 Å². The van der Waals surface area contributed by atoms with Crippen LogP contribution in [-0.4, -0.2) is 35.7 Å². The van der Waals surface area contributed by atoms with Gasteiger partial charge in [-0.15, -0.1) is 0 Å². The van der Waals surface area contributed by atoms with Gasteiger partial charge in [-0.3, -0.25) is 0 Å². The van der Waals surface area contributed by atoms with Crippen molar-refractivity contribution in [3.05, 3.63) is 0 Å². The van der Waals surface area contributed by atoms with Crippen LogP contribution in [0.15, 0.2) is 0 Å². The van der Waals surface area contributed by atoms with Crippen molar-refractivity contribution in [1.82, 2.24) is 4.90 Å². The number of hydrogen-bond acceptors (Lipinski definition) is 2. The van der Waals surface area contributed by atoms with Gasteiger partial charge in [0, 0.05) is 12.6 Å². The largest absolute Gasteiger partial charge is 0.392 e. The summed E-state index contributed by atoms with van der Waals surface area (Å²) in [5.41, 5.74) is 0. The number of hydrogen-bond donors (Lipinski definition) is 1. The second kappa shape index (κ2) is 4.97. The minimum Gasteiger partial charge on any atom is -0.392 e. The average molecular weight is 185 g/mol. The summed E-state index contributed by atoms with van der Waals surface area (Å²) in [6, 6.07) is 0.728. The molecule has 13 heavy (non-hydrogen) atoms. The molecule has 2 heteroatoms. The first-order valence-electron chi connectivity index (χ1n) is 5.53. The lowest BCUT2D eigenvalue weighted by molar-refractivity contribution is 0.0435. The van der Waals surface area contributed by atoms with E-state index in [9.17, 15) is 5.11 Å². The highest BCUT2D eigenvalue weighted by molar-refractivity contribution is 4.85. The van der Waals surface area contributed by atoms with Gasteiger partial charge in [0.2, 0.25) is 0 Å². The van der Waals surface area contributed by atoms with Gasteiger partial charge in [-0.25, -0.2) is 0 Å². The molecule has 0 aromatic rings. The van der Waals surface area contributed by atoms with Crippen molar-refractivity contribution < 1.29 is 5.11 Å². The number of likely N-dealkylation sites (N-methyl/N-ethyl adjacent to an activating group) is 1. The third kappa shape index (κ3) is 2.96. The maximum atomic E-state index is 9.63. The van der Waals surface area contributed by atoms with Gasteiger partial charge in [0.05, 0.1) is 6.10 Å². The molecule has 0 aromatic carbocycles. The molecule has 0 spiro atoms. The Balaban J connectivity index is 2.19. The third-order valence-electron chi connectivity index (χ3n) is 3.26. The molecule has 0 bridgehead atoms. The van der Waals surface area contributed by atoms with Crippen molar-refractivity contribution in [3.63, 3.8) is 0 Å². The van der Waals surface area contributed by atoms with E-state index in [0.717, 1.165) is 31.3 Å². The van der Waals surface area contributed by atoms with Gasteiger partial charge in [-0.05, 0) is 32.2 Å². The number of nitrogens with zero attached hydrogens (tertiary/aromatic N) is 1. The fraction of sp³-hybridized carbons (Fsp3) is 1.00. The lowest BCUT2D eigenvalue weighted by Crippen LogP contribution is -2.46. The maximum absolute atomic E-state index is 9.63. The van der Waals surface area contributed by atoms with E-state index < -0.39 is 0 Å². The molecule has 3 atom stereocenters. The van der Waals surface area contributed by atoms with Crippen LogP contribution in [0.2, 0.25) is 0 Å². The molecule has 0 aromatic heterocycles. The average Bonchev–Trinajstić information content (AvgIpc) is 2.01. The molecule has 1 aliphatic rings. The normalized spacial score (nSPS) is 30.2. The maximum Gasteiger partial charge on any atom is 0.0667 e. The van der Waals surface area contributed by atoms with Crippen LogP contribution in [0.3, 0.4) is 0 Å². The summed E-state index contributed by atoms with van der Waals surface area (Å²) < 4.78 is 0. The Bertz CT molecular complexity index is 149. The zero-order valence-corrected chi connectivity index (χ0v) is 9.16. The van der Waals surface area contributed by atoms with E-state index in [1.165, 1.54) is 12.8 Å². The minimum atomic E-state index is -0.122. The molecular weight excluding hydrogens is 162 g/mol. The first kappa shape index (κ1) is 11.0. The van der Waals surface area contributed by atoms with Crippen molar-refractivity contribution in [2.24, 2.45) is 5.92 Å². The zero-order chi connectivity index (χ0) is 9.84. The van der Waals surface area contributed by atoms with Crippen molar-refractivity contribution in [1.29, 1.82) is 0 Å². The second-order valence-corrected chi connectivity index (χ2v) is 4.50. The Morgan fingerprint density at radius 3 is 2.54 bits per heavy atom. The van der Waals surface area contributed by atoms with Crippen LogP contribution in [0.1, 0.15) is 39.5 Å².